The average Bonchev–Trinajstić information content (AvgIpc) is 2.78. The highest BCUT2D eigenvalue weighted by Crippen LogP contribution is 2.23. The summed E-state index contributed by atoms with van der Waals surface area (Å²) in [6.45, 7) is 1.60. The number of hydrogen-bond donors (Lipinski definition) is 4. The van der Waals surface area contributed by atoms with Crippen LogP contribution in [0.4, 0.5) is 5.69 Å². The van der Waals surface area contributed by atoms with Crippen LogP contribution < -0.4 is 4.72 Å². The van der Waals surface area contributed by atoms with Gasteiger partial charge in [-0.1, -0.05) is 0 Å². The smallest absolute Gasteiger partial charge is 0.339 e. The minimum atomic E-state index is -3.89. The van der Waals surface area contributed by atoms with Crippen molar-refractivity contribution < 1.29 is 23.4 Å². The van der Waals surface area contributed by atoms with Crippen molar-refractivity contribution in [1.29, 1.82) is 0 Å². The molecule has 0 amide bonds. The first-order valence-corrected chi connectivity index (χ1v) is 6.88. The molecule has 106 valence electrons. The fourth-order valence-corrected chi connectivity index (χ4v) is 2.54. The molecule has 0 aliphatic carbocycles. The second-order valence-electron chi connectivity index (χ2n) is 3.98. The Balaban J connectivity index is 2.35. The van der Waals surface area contributed by atoms with E-state index in [1.165, 1.54) is 6.07 Å². The summed E-state index contributed by atoms with van der Waals surface area (Å²) in [5, 5.41) is 18.1. The predicted octanol–water partition coefficient (Wildman–Crippen LogP) is 0.923. The second-order valence-corrected chi connectivity index (χ2v) is 5.63. The zero-order valence-corrected chi connectivity index (χ0v) is 11.1. The van der Waals surface area contributed by atoms with Gasteiger partial charge in [-0.05, 0) is 25.1 Å². The van der Waals surface area contributed by atoms with Crippen molar-refractivity contribution in [3.63, 3.8) is 0 Å². The van der Waals surface area contributed by atoms with Crippen LogP contribution in [-0.4, -0.2) is 34.6 Å². The molecule has 9 heteroatoms. The maximum atomic E-state index is 12.0. The number of carbonyl (C=O) groups is 1. The van der Waals surface area contributed by atoms with E-state index in [-0.39, 0.29) is 10.7 Å². The summed E-state index contributed by atoms with van der Waals surface area (Å²) in [6, 6.07) is 3.38. The molecule has 1 aromatic carbocycles. The van der Waals surface area contributed by atoms with E-state index in [2.05, 4.69) is 14.7 Å². The Morgan fingerprint density at radius 1 is 1.40 bits per heavy atom. The predicted molar refractivity (Wildman–Crippen MR) is 69.2 cm³/mol. The first-order chi connectivity index (χ1) is 9.29. The highest BCUT2D eigenvalue weighted by atomic mass is 32.2. The number of nitrogens with zero attached hydrogens (tertiary/aromatic N) is 1. The normalized spacial score (nSPS) is 11.2. The molecule has 1 heterocycles. The summed E-state index contributed by atoms with van der Waals surface area (Å²) in [6.07, 6.45) is 1.15. The number of sulfonamides is 1. The molecular formula is C11H11N3O5S. The molecule has 1 aromatic heterocycles. The lowest BCUT2D eigenvalue weighted by atomic mass is 10.2. The molecule has 0 unspecified atom stereocenters. The third-order valence-corrected chi connectivity index (χ3v) is 3.74. The number of phenols is 1. The first kappa shape index (κ1) is 13.9. The Kier molecular flexibility index (Phi) is 3.36. The van der Waals surface area contributed by atoms with E-state index in [0.717, 1.165) is 18.3 Å². The van der Waals surface area contributed by atoms with Gasteiger partial charge in [-0.15, -0.1) is 0 Å². The lowest BCUT2D eigenvalue weighted by molar-refractivity contribution is 0.0694. The molecular weight excluding hydrogens is 286 g/mol. The number of H-pyrrole nitrogens is 1. The van der Waals surface area contributed by atoms with Crippen LogP contribution in [0.3, 0.4) is 0 Å². The summed E-state index contributed by atoms with van der Waals surface area (Å²) < 4.78 is 26.2. The number of hydrogen-bond acceptors (Lipinski definition) is 5. The van der Waals surface area contributed by atoms with Gasteiger partial charge in [-0.3, -0.25) is 4.72 Å². The number of aromatic amines is 1. The molecule has 2 rings (SSSR count). The van der Waals surface area contributed by atoms with Crippen molar-refractivity contribution in [3.8, 4) is 5.75 Å². The molecule has 0 aliphatic heterocycles. The molecule has 4 N–H and O–H groups in total. The van der Waals surface area contributed by atoms with E-state index in [1.807, 2.05) is 0 Å². The van der Waals surface area contributed by atoms with E-state index in [9.17, 15) is 18.3 Å². The van der Waals surface area contributed by atoms with Crippen LogP contribution >= 0.6 is 0 Å². The Hall–Kier alpha value is -2.55. The van der Waals surface area contributed by atoms with Crippen molar-refractivity contribution in [2.75, 3.05) is 4.72 Å². The number of aromatic nitrogens is 2. The molecule has 0 bridgehead atoms. The fraction of sp³-hybridized carbons (Fsp3) is 0.0909. The number of carboxylic acid groups (broad SMARTS) is 1. The molecule has 0 radical (unpaired) electrons. The quantitative estimate of drug-likeness (QED) is 0.620. The highest BCUT2D eigenvalue weighted by Gasteiger charge is 2.18. The van der Waals surface area contributed by atoms with Crippen molar-refractivity contribution in [2.24, 2.45) is 0 Å². The fourth-order valence-electron chi connectivity index (χ4n) is 1.52. The maximum Gasteiger partial charge on any atom is 0.339 e. The topological polar surface area (TPSA) is 132 Å². The lowest BCUT2D eigenvalue weighted by Gasteiger charge is -2.07. The van der Waals surface area contributed by atoms with E-state index in [0.29, 0.717) is 5.82 Å². The van der Waals surface area contributed by atoms with Crippen molar-refractivity contribution in [1.82, 2.24) is 9.97 Å². The van der Waals surface area contributed by atoms with Crippen molar-refractivity contribution in [2.45, 2.75) is 11.9 Å². The standard InChI is InChI=1S/C11H11N3O5S/c1-6-12-5-10(13-6)20(18,19)14-7-2-3-9(15)8(4-7)11(16)17/h2-5,14-15H,1H3,(H,12,13)(H,16,17). The lowest BCUT2D eigenvalue weighted by Crippen LogP contribution is -2.14. The second kappa shape index (κ2) is 4.85. The third kappa shape index (κ3) is 2.72. The van der Waals surface area contributed by atoms with Crippen LogP contribution in [-0.2, 0) is 10.0 Å². The summed E-state index contributed by atoms with van der Waals surface area (Å²) in [7, 11) is -3.89. The number of anilines is 1. The Labute approximate surface area is 114 Å². The summed E-state index contributed by atoms with van der Waals surface area (Å²) in [5.74, 6) is -1.37. The van der Waals surface area contributed by atoms with Crippen molar-refractivity contribution in [3.05, 3.63) is 35.8 Å². The average molecular weight is 297 g/mol. The molecule has 0 saturated carbocycles. The number of aromatic hydroxyl groups is 1. The molecule has 20 heavy (non-hydrogen) atoms. The number of nitrogens with one attached hydrogen (secondary N) is 2. The van der Waals surface area contributed by atoms with Crippen LogP contribution in [0.5, 0.6) is 5.75 Å². The number of carboxylic acids is 1. The van der Waals surface area contributed by atoms with Crippen LogP contribution in [0.25, 0.3) is 0 Å². The molecule has 0 atom stereocenters. The van der Waals surface area contributed by atoms with Crippen LogP contribution in [0, 0.1) is 6.92 Å². The van der Waals surface area contributed by atoms with Crippen LogP contribution in [0.15, 0.2) is 29.4 Å². The zero-order valence-electron chi connectivity index (χ0n) is 10.3. The minimum absolute atomic E-state index is 0.0208. The molecule has 2 aromatic rings. The monoisotopic (exact) mass is 297 g/mol. The van der Waals surface area contributed by atoms with Crippen LogP contribution in [0.1, 0.15) is 16.2 Å². The number of benzene rings is 1. The molecule has 8 nitrogen and oxygen atoms in total. The van der Waals surface area contributed by atoms with Gasteiger partial charge in [0.25, 0.3) is 10.0 Å². The van der Waals surface area contributed by atoms with Gasteiger partial charge in [0, 0.05) is 5.69 Å². The molecule has 0 saturated heterocycles. The van der Waals surface area contributed by atoms with Gasteiger partial charge in [0.1, 0.15) is 17.1 Å². The van der Waals surface area contributed by atoms with E-state index < -0.39 is 27.3 Å². The zero-order chi connectivity index (χ0) is 14.9. The number of imidazole rings is 1. The molecule has 0 fully saturated rings. The molecule has 0 aliphatic rings. The third-order valence-electron chi connectivity index (χ3n) is 2.45. The van der Waals surface area contributed by atoms with Crippen LogP contribution in [0.2, 0.25) is 0 Å². The summed E-state index contributed by atoms with van der Waals surface area (Å²) >= 11 is 0. The van der Waals surface area contributed by atoms with Gasteiger partial charge in [0.2, 0.25) is 0 Å². The Morgan fingerprint density at radius 3 is 2.65 bits per heavy atom. The van der Waals surface area contributed by atoms with Gasteiger partial charge < -0.3 is 15.2 Å². The Morgan fingerprint density at radius 2 is 2.10 bits per heavy atom. The van der Waals surface area contributed by atoms with E-state index in [4.69, 9.17) is 5.11 Å². The number of rotatable bonds is 4. The summed E-state index contributed by atoms with van der Waals surface area (Å²) in [4.78, 5) is 17.2. The van der Waals surface area contributed by atoms with Gasteiger partial charge in [-0.2, -0.15) is 8.42 Å². The van der Waals surface area contributed by atoms with E-state index in [1.54, 1.807) is 6.92 Å². The Bertz CT molecular complexity index is 766. The highest BCUT2D eigenvalue weighted by molar-refractivity contribution is 7.92. The minimum Gasteiger partial charge on any atom is -0.507 e. The SMILES string of the molecule is Cc1ncc(S(=O)(=O)Nc2ccc(O)c(C(=O)O)c2)[nH]1. The first-order valence-electron chi connectivity index (χ1n) is 5.40. The van der Waals surface area contributed by atoms with Crippen molar-refractivity contribution >= 4 is 21.7 Å². The van der Waals surface area contributed by atoms with Gasteiger partial charge in [0.05, 0.1) is 6.20 Å². The molecule has 0 spiro atoms. The maximum absolute atomic E-state index is 12.0. The van der Waals surface area contributed by atoms with Gasteiger partial charge in [0.15, 0.2) is 5.03 Å². The number of aromatic carboxylic acids is 1. The number of aryl methyl sites for hydroxylation is 1. The van der Waals surface area contributed by atoms with Gasteiger partial charge in [-0.25, -0.2) is 9.78 Å². The summed E-state index contributed by atoms with van der Waals surface area (Å²) in [5.41, 5.74) is -0.376. The van der Waals surface area contributed by atoms with E-state index >= 15 is 0 Å². The largest absolute Gasteiger partial charge is 0.507 e. The van der Waals surface area contributed by atoms with Gasteiger partial charge >= 0.3 is 5.97 Å².